The molecule has 0 radical (unpaired) electrons. The molecule has 0 aliphatic heterocycles. The second-order valence-corrected chi connectivity index (χ2v) is 5.31. The molecule has 2 aromatic rings. The minimum Gasteiger partial charge on any atom is -0.494 e. The van der Waals surface area contributed by atoms with Gasteiger partial charge in [-0.2, -0.15) is 0 Å². The fraction of sp³-hybridized carbons (Fsp3) is 0.278. The van der Waals surface area contributed by atoms with Gasteiger partial charge in [-0.25, -0.2) is 8.78 Å². The highest BCUT2D eigenvalue weighted by Crippen LogP contribution is 2.19. The molecule has 0 N–H and O–H groups in total. The number of methoxy groups -OCH3 is 1. The van der Waals surface area contributed by atoms with Gasteiger partial charge in [-0.3, -0.25) is 4.79 Å². The number of carbonyl (C=O) groups is 1. The van der Waals surface area contributed by atoms with Gasteiger partial charge in [0.2, 0.25) is 5.91 Å². The van der Waals surface area contributed by atoms with E-state index in [-0.39, 0.29) is 30.4 Å². The Morgan fingerprint density at radius 2 is 1.87 bits per heavy atom. The second-order valence-electron chi connectivity index (χ2n) is 5.31. The van der Waals surface area contributed by atoms with Crippen molar-refractivity contribution >= 4 is 5.91 Å². The van der Waals surface area contributed by atoms with Crippen LogP contribution in [0.3, 0.4) is 0 Å². The first-order valence-electron chi connectivity index (χ1n) is 7.31. The Bertz CT molecular complexity index is 688. The highest BCUT2D eigenvalue weighted by molar-refractivity contribution is 5.76. The maximum atomic E-state index is 13.6. The van der Waals surface area contributed by atoms with Crippen LogP contribution in [0.1, 0.15) is 17.5 Å². The van der Waals surface area contributed by atoms with Crippen LogP contribution in [0.2, 0.25) is 0 Å². The van der Waals surface area contributed by atoms with E-state index in [2.05, 4.69) is 0 Å². The monoisotopic (exact) mass is 319 g/mol. The van der Waals surface area contributed by atoms with E-state index in [4.69, 9.17) is 4.74 Å². The van der Waals surface area contributed by atoms with Gasteiger partial charge in [0.15, 0.2) is 11.6 Å². The standard InChI is InChI=1S/C18H19F2NO2/c1-21(12-14-5-3-4-6-15(14)19)18(22)10-8-13-7-9-17(23-2)16(20)11-13/h3-7,9,11H,8,10,12H2,1-2H3. The van der Waals surface area contributed by atoms with Gasteiger partial charge in [0.25, 0.3) is 0 Å². The third kappa shape index (κ3) is 4.52. The number of hydrogen-bond acceptors (Lipinski definition) is 2. The van der Waals surface area contributed by atoms with Crippen molar-refractivity contribution in [2.45, 2.75) is 19.4 Å². The maximum Gasteiger partial charge on any atom is 0.222 e. The molecule has 0 aliphatic carbocycles. The molecular formula is C18H19F2NO2. The van der Waals surface area contributed by atoms with Gasteiger partial charge in [-0.1, -0.05) is 24.3 Å². The van der Waals surface area contributed by atoms with Gasteiger partial charge >= 0.3 is 0 Å². The lowest BCUT2D eigenvalue weighted by atomic mass is 10.1. The van der Waals surface area contributed by atoms with Gasteiger partial charge in [0.05, 0.1) is 7.11 Å². The van der Waals surface area contributed by atoms with E-state index < -0.39 is 5.82 Å². The summed E-state index contributed by atoms with van der Waals surface area (Å²) in [5, 5.41) is 0. The van der Waals surface area contributed by atoms with E-state index in [1.165, 1.54) is 30.2 Å². The fourth-order valence-electron chi connectivity index (χ4n) is 2.28. The van der Waals surface area contributed by atoms with Crippen LogP contribution >= 0.6 is 0 Å². The Kier molecular flexibility index (Phi) is 5.68. The average molecular weight is 319 g/mol. The summed E-state index contributed by atoms with van der Waals surface area (Å²) in [4.78, 5) is 13.6. The molecule has 0 fully saturated rings. The molecule has 23 heavy (non-hydrogen) atoms. The van der Waals surface area contributed by atoms with Gasteiger partial charge in [0.1, 0.15) is 5.82 Å². The number of benzene rings is 2. The van der Waals surface area contributed by atoms with Crippen LogP contribution in [0.5, 0.6) is 5.75 Å². The van der Waals surface area contributed by atoms with Crippen LogP contribution in [0, 0.1) is 11.6 Å². The van der Waals surface area contributed by atoms with Gasteiger partial charge in [-0.05, 0) is 30.2 Å². The molecule has 1 amide bonds. The summed E-state index contributed by atoms with van der Waals surface area (Å²) in [5.41, 5.74) is 1.19. The van der Waals surface area contributed by atoms with Crippen LogP contribution in [-0.4, -0.2) is 25.0 Å². The molecule has 0 spiro atoms. The summed E-state index contributed by atoms with van der Waals surface area (Å²) in [6, 6.07) is 11.0. The number of carbonyl (C=O) groups excluding carboxylic acids is 1. The smallest absolute Gasteiger partial charge is 0.222 e. The number of halogens is 2. The number of rotatable bonds is 6. The zero-order valence-electron chi connectivity index (χ0n) is 13.2. The zero-order valence-corrected chi connectivity index (χ0v) is 13.2. The zero-order chi connectivity index (χ0) is 16.8. The average Bonchev–Trinajstić information content (AvgIpc) is 2.54. The summed E-state index contributed by atoms with van der Waals surface area (Å²) in [7, 11) is 3.03. The number of aryl methyl sites for hydroxylation is 1. The fourth-order valence-corrected chi connectivity index (χ4v) is 2.28. The van der Waals surface area contributed by atoms with Crippen molar-refractivity contribution in [3.05, 3.63) is 65.2 Å². The van der Waals surface area contributed by atoms with Crippen LogP contribution in [0.4, 0.5) is 8.78 Å². The third-order valence-corrected chi connectivity index (χ3v) is 3.63. The molecule has 0 bridgehead atoms. The SMILES string of the molecule is COc1ccc(CCC(=O)N(C)Cc2ccccc2F)cc1F. The van der Waals surface area contributed by atoms with Gasteiger partial charge < -0.3 is 9.64 Å². The van der Waals surface area contributed by atoms with E-state index in [0.717, 1.165) is 5.56 Å². The van der Waals surface area contributed by atoms with Crippen molar-refractivity contribution in [2.75, 3.05) is 14.2 Å². The first kappa shape index (κ1) is 16.9. The lowest BCUT2D eigenvalue weighted by Gasteiger charge is -2.17. The molecule has 0 unspecified atom stereocenters. The Morgan fingerprint density at radius 1 is 1.13 bits per heavy atom. The van der Waals surface area contributed by atoms with E-state index >= 15 is 0 Å². The van der Waals surface area contributed by atoms with E-state index in [9.17, 15) is 13.6 Å². The molecular weight excluding hydrogens is 300 g/mol. The van der Waals surface area contributed by atoms with Crippen molar-refractivity contribution in [3.63, 3.8) is 0 Å². The topological polar surface area (TPSA) is 29.5 Å². The minimum atomic E-state index is -0.447. The summed E-state index contributed by atoms with van der Waals surface area (Å²) >= 11 is 0. The Morgan fingerprint density at radius 3 is 2.52 bits per heavy atom. The molecule has 2 rings (SSSR count). The molecule has 122 valence electrons. The molecule has 0 saturated heterocycles. The number of hydrogen-bond donors (Lipinski definition) is 0. The van der Waals surface area contributed by atoms with Crippen LogP contribution in [-0.2, 0) is 17.8 Å². The van der Waals surface area contributed by atoms with Crippen LogP contribution < -0.4 is 4.74 Å². The highest BCUT2D eigenvalue weighted by atomic mass is 19.1. The van der Waals surface area contributed by atoms with Crippen molar-refractivity contribution in [1.82, 2.24) is 4.90 Å². The predicted octanol–water partition coefficient (Wildman–Crippen LogP) is 3.56. The molecule has 5 heteroatoms. The lowest BCUT2D eigenvalue weighted by molar-refractivity contribution is -0.130. The van der Waals surface area contributed by atoms with Crippen molar-refractivity contribution in [1.29, 1.82) is 0 Å². The second kappa shape index (κ2) is 7.72. The number of nitrogens with zero attached hydrogens (tertiary/aromatic N) is 1. The molecule has 0 aliphatic rings. The van der Waals surface area contributed by atoms with Crippen molar-refractivity contribution in [2.24, 2.45) is 0 Å². The summed E-state index contributed by atoms with van der Waals surface area (Å²) < 4.78 is 32.0. The normalized spacial score (nSPS) is 10.4. The van der Waals surface area contributed by atoms with Crippen LogP contribution in [0.15, 0.2) is 42.5 Å². The third-order valence-electron chi connectivity index (χ3n) is 3.63. The Hall–Kier alpha value is -2.43. The highest BCUT2D eigenvalue weighted by Gasteiger charge is 2.12. The molecule has 0 heterocycles. The molecule has 3 nitrogen and oxygen atoms in total. The predicted molar refractivity (Wildman–Crippen MR) is 84.1 cm³/mol. The molecule has 2 aromatic carbocycles. The van der Waals surface area contributed by atoms with E-state index in [1.807, 2.05) is 0 Å². The largest absolute Gasteiger partial charge is 0.494 e. The first-order chi connectivity index (χ1) is 11.0. The molecule has 0 aromatic heterocycles. The Balaban J connectivity index is 1.91. The number of amides is 1. The van der Waals surface area contributed by atoms with E-state index in [0.29, 0.717) is 12.0 Å². The first-order valence-corrected chi connectivity index (χ1v) is 7.31. The quantitative estimate of drug-likeness (QED) is 0.815. The van der Waals surface area contributed by atoms with E-state index in [1.54, 1.807) is 31.3 Å². The number of ether oxygens (including phenoxy) is 1. The lowest BCUT2D eigenvalue weighted by Crippen LogP contribution is -2.26. The van der Waals surface area contributed by atoms with Crippen LogP contribution in [0.25, 0.3) is 0 Å². The summed E-state index contributed by atoms with van der Waals surface area (Å²) in [5.74, 6) is -0.720. The summed E-state index contributed by atoms with van der Waals surface area (Å²) in [6.45, 7) is 0.211. The van der Waals surface area contributed by atoms with Crippen molar-refractivity contribution < 1.29 is 18.3 Å². The van der Waals surface area contributed by atoms with Crippen molar-refractivity contribution in [3.8, 4) is 5.75 Å². The maximum absolute atomic E-state index is 13.6. The molecule has 0 atom stereocenters. The van der Waals surface area contributed by atoms with Gasteiger partial charge in [0, 0.05) is 25.6 Å². The molecule has 0 saturated carbocycles. The summed E-state index contributed by atoms with van der Waals surface area (Å²) in [6.07, 6.45) is 0.651. The minimum absolute atomic E-state index is 0.121. The Labute approximate surface area is 134 Å². The van der Waals surface area contributed by atoms with Gasteiger partial charge in [-0.15, -0.1) is 0 Å².